The summed E-state index contributed by atoms with van der Waals surface area (Å²) in [4.78, 5) is 11.8. The van der Waals surface area contributed by atoms with Crippen LogP contribution in [0.4, 0.5) is 0 Å². The first-order valence-corrected chi connectivity index (χ1v) is 6.40. The summed E-state index contributed by atoms with van der Waals surface area (Å²) in [5.74, 6) is 0.812. The molecule has 1 aliphatic heterocycles. The molecule has 1 amide bonds. The van der Waals surface area contributed by atoms with Crippen LogP contribution in [0.15, 0.2) is 30.3 Å². The number of hydrogen-bond acceptors (Lipinski definition) is 2. The van der Waals surface area contributed by atoms with Gasteiger partial charge < -0.3 is 10.6 Å². The number of nitrogens with one attached hydrogen (secondary N) is 2. The molecule has 0 saturated carbocycles. The number of benzene rings is 1. The summed E-state index contributed by atoms with van der Waals surface area (Å²) in [6.45, 7) is 3.03. The van der Waals surface area contributed by atoms with Crippen molar-refractivity contribution in [1.82, 2.24) is 10.6 Å². The molecular weight excluding hydrogens is 283 g/mol. The Kier molecular flexibility index (Phi) is 9.66. The third kappa shape index (κ3) is 6.28. The Morgan fingerprint density at radius 3 is 2.42 bits per heavy atom. The third-order valence-corrected chi connectivity index (χ3v) is 3.33. The average Bonchev–Trinajstić information content (AvgIpc) is 2.41. The molecule has 1 aliphatic rings. The first-order valence-electron chi connectivity index (χ1n) is 6.40. The molecule has 0 unspecified atom stereocenters. The van der Waals surface area contributed by atoms with E-state index < -0.39 is 0 Å². The van der Waals surface area contributed by atoms with Gasteiger partial charge in [-0.1, -0.05) is 18.2 Å². The van der Waals surface area contributed by atoms with Crippen molar-refractivity contribution in [2.75, 3.05) is 19.6 Å². The molecule has 0 aromatic heterocycles. The van der Waals surface area contributed by atoms with Crippen molar-refractivity contribution in [3.8, 4) is 0 Å². The van der Waals surface area contributed by atoms with Gasteiger partial charge in [-0.05, 0) is 50.4 Å². The lowest BCUT2D eigenvalue weighted by Gasteiger charge is -2.22. The molecule has 108 valence electrons. The van der Waals surface area contributed by atoms with E-state index in [1.807, 2.05) is 30.3 Å². The van der Waals surface area contributed by atoms with Crippen molar-refractivity contribution in [3.63, 3.8) is 0 Å². The van der Waals surface area contributed by atoms with Crippen molar-refractivity contribution in [2.45, 2.75) is 19.3 Å². The Hall–Kier alpha value is -0.770. The van der Waals surface area contributed by atoms with E-state index in [1.54, 1.807) is 0 Å². The second-order valence-electron chi connectivity index (χ2n) is 4.60. The second-order valence-corrected chi connectivity index (χ2v) is 4.60. The summed E-state index contributed by atoms with van der Waals surface area (Å²) in [6.07, 6.45) is 3.57. The molecule has 0 spiro atoms. The number of amides is 1. The van der Waals surface area contributed by atoms with Crippen LogP contribution in [0.3, 0.4) is 0 Å². The van der Waals surface area contributed by atoms with Crippen LogP contribution in [0.25, 0.3) is 0 Å². The van der Waals surface area contributed by atoms with Crippen LogP contribution in [0.1, 0.15) is 29.6 Å². The van der Waals surface area contributed by atoms with Crippen molar-refractivity contribution in [2.24, 2.45) is 5.92 Å². The lowest BCUT2D eigenvalue weighted by molar-refractivity contribution is 0.0950. The monoisotopic (exact) mass is 304 g/mol. The number of hydrogen-bond donors (Lipinski definition) is 2. The topological polar surface area (TPSA) is 41.1 Å². The van der Waals surface area contributed by atoms with Crippen molar-refractivity contribution < 1.29 is 4.79 Å². The van der Waals surface area contributed by atoms with Gasteiger partial charge in [0.05, 0.1) is 0 Å². The van der Waals surface area contributed by atoms with Gasteiger partial charge in [0.15, 0.2) is 0 Å². The van der Waals surface area contributed by atoms with E-state index in [-0.39, 0.29) is 30.7 Å². The lowest BCUT2D eigenvalue weighted by atomic mass is 9.95. The van der Waals surface area contributed by atoms with E-state index in [2.05, 4.69) is 10.6 Å². The van der Waals surface area contributed by atoms with Gasteiger partial charge in [0.1, 0.15) is 0 Å². The fourth-order valence-electron chi connectivity index (χ4n) is 2.25. The molecule has 0 aliphatic carbocycles. The third-order valence-electron chi connectivity index (χ3n) is 3.33. The van der Waals surface area contributed by atoms with E-state index in [0.29, 0.717) is 0 Å². The zero-order valence-corrected chi connectivity index (χ0v) is 12.6. The molecule has 0 atom stereocenters. The van der Waals surface area contributed by atoms with Crippen LogP contribution in [0.2, 0.25) is 0 Å². The smallest absolute Gasteiger partial charge is 0.251 e. The number of carbonyl (C=O) groups is 1. The standard InChI is InChI=1S/C14H20N2O.2ClH/c17-14(13-4-2-1-3-5-13)16-11-8-12-6-9-15-10-7-12;;/h1-5,12,15H,6-11H2,(H,16,17);2*1H. The summed E-state index contributed by atoms with van der Waals surface area (Å²) in [7, 11) is 0. The van der Waals surface area contributed by atoms with E-state index in [1.165, 1.54) is 12.8 Å². The van der Waals surface area contributed by atoms with Gasteiger partial charge >= 0.3 is 0 Å². The molecule has 19 heavy (non-hydrogen) atoms. The molecule has 3 nitrogen and oxygen atoms in total. The molecule has 2 rings (SSSR count). The van der Waals surface area contributed by atoms with Gasteiger partial charge in [0.2, 0.25) is 0 Å². The molecule has 1 aromatic carbocycles. The largest absolute Gasteiger partial charge is 0.352 e. The van der Waals surface area contributed by atoms with Gasteiger partial charge in [-0.25, -0.2) is 0 Å². The van der Waals surface area contributed by atoms with Gasteiger partial charge in [0, 0.05) is 12.1 Å². The molecule has 0 radical (unpaired) electrons. The van der Waals surface area contributed by atoms with Crippen molar-refractivity contribution in [1.29, 1.82) is 0 Å². The van der Waals surface area contributed by atoms with Gasteiger partial charge in [0.25, 0.3) is 5.91 Å². The van der Waals surface area contributed by atoms with Crippen molar-refractivity contribution >= 4 is 30.7 Å². The molecule has 1 heterocycles. The first-order chi connectivity index (χ1) is 8.36. The zero-order valence-electron chi connectivity index (χ0n) is 10.9. The van der Waals surface area contributed by atoms with E-state index in [4.69, 9.17) is 0 Å². The fraction of sp³-hybridized carbons (Fsp3) is 0.500. The highest BCUT2D eigenvalue weighted by atomic mass is 35.5. The van der Waals surface area contributed by atoms with Crippen LogP contribution in [0.5, 0.6) is 0 Å². The molecule has 0 bridgehead atoms. The molecule has 1 aromatic rings. The van der Waals surface area contributed by atoms with Crippen LogP contribution in [0, 0.1) is 5.92 Å². The summed E-state index contributed by atoms with van der Waals surface area (Å²) in [5.41, 5.74) is 0.748. The number of rotatable bonds is 4. The van der Waals surface area contributed by atoms with Crippen LogP contribution >= 0.6 is 24.8 Å². The maximum atomic E-state index is 11.8. The number of halogens is 2. The molecule has 1 fully saturated rings. The Morgan fingerprint density at radius 1 is 1.16 bits per heavy atom. The lowest BCUT2D eigenvalue weighted by Crippen LogP contribution is -2.31. The van der Waals surface area contributed by atoms with E-state index in [0.717, 1.165) is 37.5 Å². The Bertz CT molecular complexity index is 354. The van der Waals surface area contributed by atoms with Crippen LogP contribution < -0.4 is 10.6 Å². The first kappa shape index (κ1) is 18.2. The average molecular weight is 305 g/mol. The number of piperidine rings is 1. The van der Waals surface area contributed by atoms with Crippen LogP contribution in [-0.4, -0.2) is 25.5 Å². The maximum Gasteiger partial charge on any atom is 0.251 e. The highest BCUT2D eigenvalue weighted by Gasteiger charge is 2.13. The summed E-state index contributed by atoms with van der Waals surface area (Å²) in [6, 6.07) is 9.40. The van der Waals surface area contributed by atoms with Crippen LogP contribution in [-0.2, 0) is 0 Å². The minimum absolute atomic E-state index is 0. The molecule has 5 heteroatoms. The highest BCUT2D eigenvalue weighted by Crippen LogP contribution is 2.14. The van der Waals surface area contributed by atoms with E-state index in [9.17, 15) is 4.79 Å². The van der Waals surface area contributed by atoms with Gasteiger partial charge in [-0.2, -0.15) is 0 Å². The Labute approximate surface area is 127 Å². The van der Waals surface area contributed by atoms with Gasteiger partial charge in [-0.15, -0.1) is 24.8 Å². The minimum atomic E-state index is 0. The Balaban J connectivity index is 0.00000162. The van der Waals surface area contributed by atoms with Crippen molar-refractivity contribution in [3.05, 3.63) is 35.9 Å². The predicted molar refractivity (Wildman–Crippen MR) is 83.5 cm³/mol. The SMILES string of the molecule is Cl.Cl.O=C(NCCC1CCNCC1)c1ccccc1. The zero-order chi connectivity index (χ0) is 11.9. The maximum absolute atomic E-state index is 11.8. The summed E-state index contributed by atoms with van der Waals surface area (Å²) < 4.78 is 0. The summed E-state index contributed by atoms with van der Waals surface area (Å²) >= 11 is 0. The highest BCUT2D eigenvalue weighted by molar-refractivity contribution is 5.94. The quantitative estimate of drug-likeness (QED) is 0.898. The van der Waals surface area contributed by atoms with E-state index >= 15 is 0 Å². The molecule has 1 saturated heterocycles. The van der Waals surface area contributed by atoms with Gasteiger partial charge in [-0.3, -0.25) is 4.79 Å². The second kappa shape index (κ2) is 10.1. The summed E-state index contributed by atoms with van der Waals surface area (Å²) in [5, 5.41) is 6.34. The molecular formula is C14H22Cl2N2O. The molecule has 2 N–H and O–H groups in total. The number of carbonyl (C=O) groups excluding carboxylic acids is 1. The fourth-order valence-corrected chi connectivity index (χ4v) is 2.25. The predicted octanol–water partition coefficient (Wildman–Crippen LogP) is 2.65. The normalized spacial score (nSPS) is 14.9. The minimum Gasteiger partial charge on any atom is -0.352 e. The Morgan fingerprint density at radius 2 is 1.79 bits per heavy atom.